The van der Waals surface area contributed by atoms with Gasteiger partial charge in [0.05, 0.1) is 6.04 Å². The van der Waals surface area contributed by atoms with Crippen LogP contribution in [-0.2, 0) is 0 Å². The van der Waals surface area contributed by atoms with Gasteiger partial charge in [-0.2, -0.15) is 0 Å². The lowest BCUT2D eigenvalue weighted by molar-refractivity contribution is 0.410. The van der Waals surface area contributed by atoms with Crippen molar-refractivity contribution in [1.29, 1.82) is 0 Å². The van der Waals surface area contributed by atoms with Crippen LogP contribution in [0, 0.1) is 6.92 Å². The Labute approximate surface area is 128 Å². The summed E-state index contributed by atoms with van der Waals surface area (Å²) in [5, 5.41) is 7.76. The molecule has 1 aliphatic rings. The van der Waals surface area contributed by atoms with Gasteiger partial charge < -0.3 is 10.6 Å². The summed E-state index contributed by atoms with van der Waals surface area (Å²) in [5.74, 6) is 0. The number of benzene rings is 1. The SMILES string of the molecule is CC[C@@H](NC(=S)NC1CCCCC1)c1ccc(C)cc1. The molecule has 1 aromatic carbocycles. The van der Waals surface area contributed by atoms with Crippen LogP contribution in [0.25, 0.3) is 0 Å². The molecule has 1 aliphatic carbocycles. The first-order chi connectivity index (χ1) is 9.69. The van der Waals surface area contributed by atoms with Crippen LogP contribution in [0.15, 0.2) is 24.3 Å². The molecule has 0 amide bonds. The van der Waals surface area contributed by atoms with Crippen LogP contribution in [0.2, 0.25) is 0 Å². The third kappa shape index (κ3) is 4.48. The first-order valence-electron chi connectivity index (χ1n) is 7.82. The van der Waals surface area contributed by atoms with Gasteiger partial charge in [-0.05, 0) is 44.0 Å². The van der Waals surface area contributed by atoms with Gasteiger partial charge >= 0.3 is 0 Å². The lowest BCUT2D eigenvalue weighted by Gasteiger charge is -2.27. The topological polar surface area (TPSA) is 24.1 Å². The highest BCUT2D eigenvalue weighted by molar-refractivity contribution is 7.80. The smallest absolute Gasteiger partial charge is 0.166 e. The van der Waals surface area contributed by atoms with E-state index in [1.165, 1.54) is 43.2 Å². The summed E-state index contributed by atoms with van der Waals surface area (Å²) < 4.78 is 0. The van der Waals surface area contributed by atoms with Crippen molar-refractivity contribution in [1.82, 2.24) is 10.6 Å². The maximum atomic E-state index is 5.48. The maximum absolute atomic E-state index is 5.48. The number of nitrogens with one attached hydrogen (secondary N) is 2. The third-order valence-corrected chi connectivity index (χ3v) is 4.37. The molecule has 0 unspecified atom stereocenters. The molecular weight excluding hydrogens is 264 g/mol. The van der Waals surface area contributed by atoms with Crippen LogP contribution in [0.3, 0.4) is 0 Å². The normalized spacial score (nSPS) is 17.5. The summed E-state index contributed by atoms with van der Waals surface area (Å²) in [6.07, 6.45) is 7.58. The van der Waals surface area contributed by atoms with Crippen molar-refractivity contribution in [2.75, 3.05) is 0 Å². The van der Waals surface area contributed by atoms with Crippen LogP contribution in [-0.4, -0.2) is 11.2 Å². The minimum atomic E-state index is 0.305. The maximum Gasteiger partial charge on any atom is 0.166 e. The summed E-state index contributed by atoms with van der Waals surface area (Å²) in [6, 6.07) is 9.59. The average molecular weight is 290 g/mol. The Hall–Kier alpha value is -1.09. The Bertz CT molecular complexity index is 421. The molecule has 110 valence electrons. The van der Waals surface area contributed by atoms with E-state index in [9.17, 15) is 0 Å². The highest BCUT2D eigenvalue weighted by Gasteiger charge is 2.16. The fourth-order valence-corrected chi connectivity index (χ4v) is 3.16. The van der Waals surface area contributed by atoms with Crippen LogP contribution < -0.4 is 10.6 Å². The number of aryl methyl sites for hydroxylation is 1. The fraction of sp³-hybridized carbons (Fsp3) is 0.588. The zero-order valence-corrected chi connectivity index (χ0v) is 13.4. The molecule has 0 heterocycles. The predicted molar refractivity (Wildman–Crippen MR) is 90.0 cm³/mol. The second-order valence-corrected chi connectivity index (χ2v) is 6.23. The largest absolute Gasteiger partial charge is 0.360 e. The zero-order chi connectivity index (χ0) is 14.4. The fourth-order valence-electron chi connectivity index (χ4n) is 2.85. The average Bonchev–Trinajstić information content (AvgIpc) is 2.47. The van der Waals surface area contributed by atoms with Gasteiger partial charge in [-0.3, -0.25) is 0 Å². The highest BCUT2D eigenvalue weighted by Crippen LogP contribution is 2.19. The van der Waals surface area contributed by atoms with Gasteiger partial charge in [-0.25, -0.2) is 0 Å². The van der Waals surface area contributed by atoms with E-state index in [2.05, 4.69) is 48.7 Å². The van der Waals surface area contributed by atoms with Gasteiger partial charge in [0.1, 0.15) is 0 Å². The summed E-state index contributed by atoms with van der Waals surface area (Å²) >= 11 is 5.48. The minimum Gasteiger partial charge on any atom is -0.360 e. The number of hydrogen-bond acceptors (Lipinski definition) is 1. The first-order valence-corrected chi connectivity index (χ1v) is 8.23. The summed E-state index contributed by atoms with van der Waals surface area (Å²) in [4.78, 5) is 0. The van der Waals surface area contributed by atoms with E-state index in [-0.39, 0.29) is 0 Å². The van der Waals surface area contributed by atoms with E-state index in [1.54, 1.807) is 0 Å². The second-order valence-electron chi connectivity index (χ2n) is 5.82. The molecule has 2 rings (SSSR count). The molecule has 0 spiro atoms. The Kier molecular flexibility index (Phi) is 5.84. The molecule has 1 aromatic rings. The van der Waals surface area contributed by atoms with Gasteiger partial charge in [0, 0.05) is 6.04 Å². The van der Waals surface area contributed by atoms with Crippen LogP contribution in [0.5, 0.6) is 0 Å². The molecule has 20 heavy (non-hydrogen) atoms. The molecule has 2 N–H and O–H groups in total. The molecule has 3 heteroatoms. The van der Waals surface area contributed by atoms with Crippen molar-refractivity contribution in [3.8, 4) is 0 Å². The molecule has 0 saturated heterocycles. The molecule has 0 aliphatic heterocycles. The van der Waals surface area contributed by atoms with Crippen molar-refractivity contribution in [2.45, 2.75) is 64.5 Å². The van der Waals surface area contributed by atoms with Crippen LogP contribution >= 0.6 is 12.2 Å². The lowest BCUT2D eigenvalue weighted by Crippen LogP contribution is -2.43. The Morgan fingerprint density at radius 3 is 2.45 bits per heavy atom. The number of rotatable bonds is 4. The van der Waals surface area contributed by atoms with E-state index < -0.39 is 0 Å². The van der Waals surface area contributed by atoms with E-state index >= 15 is 0 Å². The van der Waals surface area contributed by atoms with Crippen LogP contribution in [0.1, 0.15) is 62.6 Å². The number of thiocarbonyl (C=S) groups is 1. The van der Waals surface area contributed by atoms with Gasteiger partial charge in [0.25, 0.3) is 0 Å². The van der Waals surface area contributed by atoms with Crippen molar-refractivity contribution in [2.24, 2.45) is 0 Å². The van der Waals surface area contributed by atoms with E-state index in [1.807, 2.05) is 0 Å². The monoisotopic (exact) mass is 290 g/mol. The summed E-state index contributed by atoms with van der Waals surface area (Å²) in [6.45, 7) is 4.31. The number of hydrogen-bond donors (Lipinski definition) is 2. The standard InChI is InChI=1S/C17H26N2S/c1-3-16(14-11-9-13(2)10-12-14)19-17(20)18-15-7-5-4-6-8-15/h9-12,15-16H,3-8H2,1-2H3,(H2,18,19,20)/t16-/m1/s1. The van der Waals surface area contributed by atoms with E-state index in [0.717, 1.165) is 11.5 Å². The lowest BCUT2D eigenvalue weighted by atomic mass is 9.96. The zero-order valence-electron chi connectivity index (χ0n) is 12.6. The Morgan fingerprint density at radius 1 is 1.20 bits per heavy atom. The summed E-state index contributed by atoms with van der Waals surface area (Å²) in [7, 11) is 0. The van der Waals surface area contributed by atoms with E-state index in [0.29, 0.717) is 12.1 Å². The molecule has 1 atom stereocenters. The van der Waals surface area contributed by atoms with Gasteiger partial charge in [0.2, 0.25) is 0 Å². The highest BCUT2D eigenvalue weighted by atomic mass is 32.1. The van der Waals surface area contributed by atoms with Crippen LogP contribution in [0.4, 0.5) is 0 Å². The van der Waals surface area contributed by atoms with Crippen molar-refractivity contribution < 1.29 is 0 Å². The molecular formula is C17H26N2S. The van der Waals surface area contributed by atoms with Crippen molar-refractivity contribution in [3.63, 3.8) is 0 Å². The second kappa shape index (κ2) is 7.63. The minimum absolute atomic E-state index is 0.305. The van der Waals surface area contributed by atoms with Gasteiger partial charge in [-0.1, -0.05) is 56.0 Å². The Morgan fingerprint density at radius 2 is 1.85 bits per heavy atom. The molecule has 0 aromatic heterocycles. The molecule has 0 radical (unpaired) electrons. The molecule has 1 fully saturated rings. The van der Waals surface area contributed by atoms with Crippen molar-refractivity contribution >= 4 is 17.3 Å². The molecule has 2 nitrogen and oxygen atoms in total. The van der Waals surface area contributed by atoms with Gasteiger partial charge in [0.15, 0.2) is 5.11 Å². The summed E-state index contributed by atoms with van der Waals surface area (Å²) in [5.41, 5.74) is 2.61. The molecule has 1 saturated carbocycles. The first kappa shape index (κ1) is 15.3. The van der Waals surface area contributed by atoms with Crippen molar-refractivity contribution in [3.05, 3.63) is 35.4 Å². The predicted octanol–water partition coefficient (Wildman–Crippen LogP) is 4.24. The van der Waals surface area contributed by atoms with Gasteiger partial charge in [-0.15, -0.1) is 0 Å². The Balaban J connectivity index is 1.88. The third-order valence-electron chi connectivity index (χ3n) is 4.13. The molecule has 0 bridgehead atoms. The van der Waals surface area contributed by atoms with E-state index in [4.69, 9.17) is 12.2 Å². The quantitative estimate of drug-likeness (QED) is 0.811.